The van der Waals surface area contributed by atoms with Gasteiger partial charge in [-0.15, -0.1) is 0 Å². The SMILES string of the molecule is O=C1/C(=C\Nc2ccccn2)Cc2ccccc21. The van der Waals surface area contributed by atoms with Crippen LogP contribution in [0.1, 0.15) is 15.9 Å². The Hall–Kier alpha value is -2.42. The lowest BCUT2D eigenvalue weighted by Crippen LogP contribution is -1.99. The number of anilines is 1. The molecule has 2 aromatic rings. The number of fused-ring (bicyclic) bond motifs is 1. The highest BCUT2D eigenvalue weighted by Gasteiger charge is 2.23. The van der Waals surface area contributed by atoms with Gasteiger partial charge in [-0.1, -0.05) is 30.3 Å². The number of nitrogens with one attached hydrogen (secondary N) is 1. The molecule has 88 valence electrons. The van der Waals surface area contributed by atoms with Crippen molar-refractivity contribution in [2.75, 3.05) is 5.32 Å². The van der Waals surface area contributed by atoms with E-state index < -0.39 is 0 Å². The highest BCUT2D eigenvalue weighted by atomic mass is 16.1. The van der Waals surface area contributed by atoms with E-state index in [0.29, 0.717) is 6.42 Å². The van der Waals surface area contributed by atoms with Gasteiger partial charge in [-0.05, 0) is 17.7 Å². The van der Waals surface area contributed by atoms with Crippen molar-refractivity contribution in [2.24, 2.45) is 0 Å². The normalized spacial score (nSPS) is 15.8. The van der Waals surface area contributed by atoms with Crippen LogP contribution in [0.25, 0.3) is 0 Å². The Kier molecular flexibility index (Phi) is 2.65. The maximum Gasteiger partial charge on any atom is 0.191 e. The smallest absolute Gasteiger partial charge is 0.191 e. The van der Waals surface area contributed by atoms with Crippen molar-refractivity contribution in [1.82, 2.24) is 4.98 Å². The van der Waals surface area contributed by atoms with Crippen molar-refractivity contribution < 1.29 is 4.79 Å². The highest BCUT2D eigenvalue weighted by molar-refractivity contribution is 6.13. The van der Waals surface area contributed by atoms with E-state index in [2.05, 4.69) is 10.3 Å². The number of ketones is 1. The van der Waals surface area contributed by atoms with Gasteiger partial charge in [0.1, 0.15) is 5.82 Å². The lowest BCUT2D eigenvalue weighted by atomic mass is 10.1. The molecular weight excluding hydrogens is 224 g/mol. The summed E-state index contributed by atoms with van der Waals surface area (Å²) < 4.78 is 0. The molecule has 3 heteroatoms. The first kappa shape index (κ1) is 10.7. The molecule has 1 aromatic heterocycles. The summed E-state index contributed by atoms with van der Waals surface area (Å²) in [5, 5.41) is 3.06. The second-order valence-electron chi connectivity index (χ2n) is 4.19. The predicted octanol–water partition coefficient (Wildman–Crippen LogP) is 2.82. The maximum absolute atomic E-state index is 12.1. The van der Waals surface area contributed by atoms with Crippen molar-refractivity contribution in [3.8, 4) is 0 Å². The molecule has 0 unspecified atom stereocenters. The number of rotatable bonds is 2. The topological polar surface area (TPSA) is 42.0 Å². The third-order valence-electron chi connectivity index (χ3n) is 2.99. The number of nitrogens with zero attached hydrogens (tertiary/aromatic N) is 1. The summed E-state index contributed by atoms with van der Waals surface area (Å²) in [6, 6.07) is 13.3. The molecule has 0 amide bonds. The van der Waals surface area contributed by atoms with Gasteiger partial charge in [-0.25, -0.2) is 4.98 Å². The van der Waals surface area contributed by atoms with Gasteiger partial charge in [0.2, 0.25) is 0 Å². The lowest BCUT2D eigenvalue weighted by Gasteiger charge is -1.99. The molecule has 1 aromatic carbocycles. The van der Waals surface area contributed by atoms with Crippen molar-refractivity contribution in [1.29, 1.82) is 0 Å². The van der Waals surface area contributed by atoms with E-state index in [9.17, 15) is 4.79 Å². The third kappa shape index (κ3) is 1.91. The first-order valence-electron chi connectivity index (χ1n) is 5.84. The molecule has 0 fully saturated rings. The Morgan fingerprint density at radius 1 is 1.11 bits per heavy atom. The van der Waals surface area contributed by atoms with Crippen LogP contribution in [-0.2, 0) is 6.42 Å². The number of aromatic nitrogens is 1. The van der Waals surface area contributed by atoms with Crippen molar-refractivity contribution >= 4 is 11.6 Å². The second-order valence-corrected chi connectivity index (χ2v) is 4.19. The summed E-state index contributed by atoms with van der Waals surface area (Å²) in [4.78, 5) is 16.2. The van der Waals surface area contributed by atoms with Crippen molar-refractivity contribution in [2.45, 2.75) is 6.42 Å². The van der Waals surface area contributed by atoms with Crippen LogP contribution in [0.15, 0.2) is 60.4 Å². The Morgan fingerprint density at radius 2 is 1.94 bits per heavy atom. The van der Waals surface area contributed by atoms with E-state index in [1.54, 1.807) is 12.4 Å². The van der Waals surface area contributed by atoms with Gasteiger partial charge in [0.15, 0.2) is 5.78 Å². The Morgan fingerprint density at radius 3 is 2.72 bits per heavy atom. The molecule has 0 saturated carbocycles. The molecule has 0 radical (unpaired) electrons. The molecule has 0 bridgehead atoms. The van der Waals surface area contributed by atoms with Crippen LogP contribution < -0.4 is 5.32 Å². The molecular formula is C15H12N2O. The summed E-state index contributed by atoms with van der Waals surface area (Å²) in [5.41, 5.74) is 2.69. The molecule has 0 saturated heterocycles. The van der Waals surface area contributed by atoms with Gasteiger partial charge in [0, 0.05) is 30.0 Å². The Balaban J connectivity index is 1.82. The average molecular weight is 236 g/mol. The Bertz CT molecular complexity index is 617. The van der Waals surface area contributed by atoms with Gasteiger partial charge < -0.3 is 5.32 Å². The van der Waals surface area contributed by atoms with Gasteiger partial charge in [0.05, 0.1) is 0 Å². The summed E-state index contributed by atoms with van der Waals surface area (Å²) >= 11 is 0. The first-order valence-corrected chi connectivity index (χ1v) is 5.84. The minimum Gasteiger partial charge on any atom is -0.346 e. The zero-order valence-corrected chi connectivity index (χ0v) is 9.76. The van der Waals surface area contributed by atoms with E-state index in [-0.39, 0.29) is 5.78 Å². The number of hydrogen-bond acceptors (Lipinski definition) is 3. The molecule has 0 aliphatic heterocycles. The third-order valence-corrected chi connectivity index (χ3v) is 2.99. The van der Waals surface area contributed by atoms with Crippen LogP contribution in [0.4, 0.5) is 5.82 Å². The maximum atomic E-state index is 12.1. The fraction of sp³-hybridized carbons (Fsp3) is 0.0667. The summed E-state index contributed by atoms with van der Waals surface area (Å²) in [6.45, 7) is 0. The van der Waals surface area contributed by atoms with Crippen LogP contribution in [-0.4, -0.2) is 10.8 Å². The second kappa shape index (κ2) is 4.45. The predicted molar refractivity (Wildman–Crippen MR) is 70.4 cm³/mol. The largest absolute Gasteiger partial charge is 0.346 e. The molecule has 0 atom stereocenters. The van der Waals surface area contributed by atoms with E-state index >= 15 is 0 Å². The molecule has 3 nitrogen and oxygen atoms in total. The van der Waals surface area contributed by atoms with Crippen LogP contribution in [0.3, 0.4) is 0 Å². The van der Waals surface area contributed by atoms with Crippen molar-refractivity contribution in [3.63, 3.8) is 0 Å². The summed E-state index contributed by atoms with van der Waals surface area (Å²) in [7, 11) is 0. The summed E-state index contributed by atoms with van der Waals surface area (Å²) in [5.74, 6) is 0.850. The number of carbonyl (C=O) groups is 1. The molecule has 1 N–H and O–H groups in total. The molecule has 18 heavy (non-hydrogen) atoms. The fourth-order valence-electron chi connectivity index (χ4n) is 2.08. The fourth-order valence-corrected chi connectivity index (χ4v) is 2.08. The van der Waals surface area contributed by atoms with E-state index in [1.807, 2.05) is 42.5 Å². The summed E-state index contributed by atoms with van der Waals surface area (Å²) in [6.07, 6.45) is 4.16. The van der Waals surface area contributed by atoms with Crippen LogP contribution in [0.5, 0.6) is 0 Å². The number of carbonyl (C=O) groups excluding carboxylic acids is 1. The first-order chi connectivity index (χ1) is 8.84. The number of hydrogen-bond donors (Lipinski definition) is 1. The zero-order valence-electron chi connectivity index (χ0n) is 9.76. The quantitative estimate of drug-likeness (QED) is 0.815. The number of Topliss-reactive ketones (excluding diaryl/α,β-unsaturated/α-hetero) is 1. The van der Waals surface area contributed by atoms with Gasteiger partial charge in [-0.3, -0.25) is 4.79 Å². The standard InChI is InChI=1S/C15H12N2O/c18-15-12(9-11-5-1-2-6-13(11)15)10-17-14-7-3-4-8-16-14/h1-8,10H,9H2,(H,16,17)/b12-10-. The molecule has 0 spiro atoms. The monoisotopic (exact) mass is 236 g/mol. The molecule has 3 rings (SSSR count). The molecule has 1 aliphatic carbocycles. The molecule has 1 aliphatic rings. The average Bonchev–Trinajstić information content (AvgIpc) is 2.75. The lowest BCUT2D eigenvalue weighted by molar-refractivity contribution is 0.103. The molecule has 1 heterocycles. The zero-order chi connectivity index (χ0) is 12.4. The van der Waals surface area contributed by atoms with E-state index in [4.69, 9.17) is 0 Å². The number of benzene rings is 1. The number of pyridine rings is 1. The van der Waals surface area contributed by atoms with E-state index in [1.165, 1.54) is 0 Å². The van der Waals surface area contributed by atoms with E-state index in [0.717, 1.165) is 22.5 Å². The van der Waals surface area contributed by atoms with Crippen molar-refractivity contribution in [3.05, 3.63) is 71.6 Å². The Labute approximate surface area is 105 Å². The van der Waals surface area contributed by atoms with Crippen LogP contribution in [0, 0.1) is 0 Å². The van der Waals surface area contributed by atoms with Gasteiger partial charge in [-0.2, -0.15) is 0 Å². The number of allylic oxidation sites excluding steroid dienone is 1. The minimum absolute atomic E-state index is 0.106. The van der Waals surface area contributed by atoms with Crippen LogP contribution in [0.2, 0.25) is 0 Å². The van der Waals surface area contributed by atoms with Gasteiger partial charge in [0.25, 0.3) is 0 Å². The van der Waals surface area contributed by atoms with Crippen LogP contribution >= 0.6 is 0 Å². The minimum atomic E-state index is 0.106. The van der Waals surface area contributed by atoms with Gasteiger partial charge >= 0.3 is 0 Å². The highest BCUT2D eigenvalue weighted by Crippen LogP contribution is 2.25.